The Morgan fingerprint density at radius 3 is 1.24 bits per heavy atom. The van der Waals surface area contributed by atoms with Crippen LogP contribution in [0.25, 0.3) is 10.6 Å². The van der Waals surface area contributed by atoms with Crippen LogP contribution in [0.1, 0.15) is 81.1 Å². The molecule has 2 atom stereocenters. The Balaban J connectivity index is 0.000000173. The van der Waals surface area contributed by atoms with E-state index >= 15 is 0 Å². The molecule has 0 aromatic carbocycles. The monoisotopic (exact) mass is 432 g/mol. The van der Waals surface area contributed by atoms with Crippen molar-refractivity contribution in [2.75, 3.05) is 0 Å². The van der Waals surface area contributed by atoms with Gasteiger partial charge in [-0.25, -0.2) is 0 Å². The average molecular weight is 432 g/mol. The maximum absolute atomic E-state index is 4.63. The van der Waals surface area contributed by atoms with Crippen molar-refractivity contribution in [3.63, 3.8) is 0 Å². The predicted octanol–water partition coefficient (Wildman–Crippen LogP) is 5.48. The Hall–Kier alpha value is -0.437. The number of amidine groups is 2. The van der Waals surface area contributed by atoms with Gasteiger partial charge in [-0.15, -0.1) is 0 Å². The molecule has 4 aliphatic rings. The van der Waals surface area contributed by atoms with Crippen molar-refractivity contribution in [1.29, 1.82) is 0 Å². The van der Waals surface area contributed by atoms with E-state index in [9.17, 15) is 0 Å². The molecule has 0 aromatic heterocycles. The Morgan fingerprint density at radius 2 is 0.960 bits per heavy atom. The summed E-state index contributed by atoms with van der Waals surface area (Å²) in [5.74, 6) is 3.56. The van der Waals surface area contributed by atoms with E-state index in [0.29, 0.717) is 11.8 Å². The topological polar surface area (TPSA) is 52.9 Å². The second-order valence-electron chi connectivity index (χ2n) is 10.6. The molecule has 4 nitrogen and oxygen atoms in total. The van der Waals surface area contributed by atoms with Crippen molar-refractivity contribution in [3.05, 3.63) is 10.6 Å². The van der Waals surface area contributed by atoms with E-state index in [4.69, 9.17) is 0 Å². The zero-order valence-corrected chi connectivity index (χ0v) is 18.9. The fourth-order valence-corrected chi connectivity index (χ4v) is 4.76. The molecule has 0 amide bonds. The van der Waals surface area contributed by atoms with Gasteiger partial charge in [-0.05, 0) is 59.7 Å². The summed E-state index contributed by atoms with van der Waals surface area (Å²) in [6.07, 6.45) is 4.76. The molecule has 142 valence electrons. The summed E-state index contributed by atoms with van der Waals surface area (Å²) in [6.45, 7) is 17.6. The molecule has 2 saturated heterocycles. The van der Waals surface area contributed by atoms with Gasteiger partial charge in [0, 0.05) is 0 Å². The van der Waals surface area contributed by atoms with Crippen LogP contribution in [0.3, 0.4) is 0 Å². The summed E-state index contributed by atoms with van der Waals surface area (Å²) < 4.78 is 0. The Morgan fingerprint density at radius 1 is 0.640 bits per heavy atom. The number of aliphatic imine (C=N–C) groups is 2. The average Bonchev–Trinajstić information content (AvgIpc) is 2.89. The molecule has 0 radical (unpaired) electrons. The van der Waals surface area contributed by atoms with Crippen LogP contribution in [0.15, 0.2) is 9.98 Å². The molecule has 5 heteroatoms. The summed E-state index contributed by atoms with van der Waals surface area (Å²) in [5, 5.41) is 9.26. The van der Waals surface area contributed by atoms with Gasteiger partial charge in [0.1, 0.15) is 0 Å². The minimum Gasteiger partial charge on any atom is -0.463 e. The van der Waals surface area contributed by atoms with Crippen molar-refractivity contribution in [2.45, 2.75) is 103 Å². The molecule has 2 unspecified atom stereocenters. The van der Waals surface area contributed by atoms with Gasteiger partial charge in [0.15, 0.2) is 0 Å². The summed E-state index contributed by atoms with van der Waals surface area (Å²) in [6, 6.07) is 0. The van der Waals surface area contributed by atoms with Crippen molar-refractivity contribution in [1.82, 2.24) is 0 Å². The molecule has 0 aliphatic carbocycles. The Bertz CT molecular complexity index is 535. The molecule has 4 aliphatic heterocycles. The summed E-state index contributed by atoms with van der Waals surface area (Å²) in [7, 11) is 0. The SMILES string of the molecule is CC1(C)CC2CC(C)(C)[N-]C2=N1.CC1(C)CC2CC(C)(C)[N-]C2=N1.[Ru+2]. The molecule has 0 spiro atoms. The van der Waals surface area contributed by atoms with E-state index in [1.54, 1.807) is 0 Å². The summed E-state index contributed by atoms with van der Waals surface area (Å²) >= 11 is 0. The molecular weight excluding hydrogens is 397 g/mol. The smallest absolute Gasteiger partial charge is 0.463 e. The molecule has 4 rings (SSSR count). The predicted molar refractivity (Wildman–Crippen MR) is 103 cm³/mol. The fourth-order valence-electron chi connectivity index (χ4n) is 4.76. The van der Waals surface area contributed by atoms with Gasteiger partial charge in [-0.2, -0.15) is 0 Å². The zero-order valence-electron chi connectivity index (χ0n) is 17.1. The third kappa shape index (κ3) is 4.84. The number of hydrogen-bond donors (Lipinski definition) is 0. The van der Waals surface area contributed by atoms with Crippen molar-refractivity contribution >= 4 is 11.7 Å². The molecular formula is C20H34N4Ru. The van der Waals surface area contributed by atoms with Crippen LogP contribution >= 0.6 is 0 Å². The van der Waals surface area contributed by atoms with E-state index in [2.05, 4.69) is 76.0 Å². The van der Waals surface area contributed by atoms with Crippen LogP contribution in [-0.2, 0) is 19.5 Å². The molecule has 0 N–H and O–H groups in total. The van der Waals surface area contributed by atoms with Crippen molar-refractivity contribution in [3.8, 4) is 0 Å². The van der Waals surface area contributed by atoms with Gasteiger partial charge >= 0.3 is 19.5 Å². The number of nitrogens with zero attached hydrogens (tertiary/aromatic N) is 4. The fraction of sp³-hybridized carbons (Fsp3) is 0.900. The van der Waals surface area contributed by atoms with Gasteiger partial charge in [-0.1, -0.05) is 67.1 Å². The van der Waals surface area contributed by atoms with Crippen LogP contribution in [-0.4, -0.2) is 33.8 Å². The molecule has 4 heterocycles. The number of fused-ring (bicyclic) bond motifs is 2. The summed E-state index contributed by atoms with van der Waals surface area (Å²) in [5.41, 5.74) is 0.611. The van der Waals surface area contributed by atoms with Crippen LogP contribution in [0, 0.1) is 11.8 Å². The van der Waals surface area contributed by atoms with Gasteiger partial charge in [0.2, 0.25) is 0 Å². The van der Waals surface area contributed by atoms with Crippen molar-refractivity contribution < 1.29 is 19.5 Å². The standard InChI is InChI=1S/2C10H17N2.Ru/c2*1-9(2)5-7-6-10(3,4)12-8(7)11-9;/h2*7H,5-6H2,1-4H3;/q2*-1;+2. The Kier molecular flexibility index (Phi) is 5.28. The van der Waals surface area contributed by atoms with Crippen LogP contribution in [0.4, 0.5) is 0 Å². The summed E-state index contributed by atoms with van der Waals surface area (Å²) in [4.78, 5) is 9.26. The molecule has 2 fully saturated rings. The quantitative estimate of drug-likeness (QED) is 0.456. The molecule has 0 saturated carbocycles. The van der Waals surface area contributed by atoms with Crippen LogP contribution in [0.5, 0.6) is 0 Å². The van der Waals surface area contributed by atoms with Crippen LogP contribution < -0.4 is 0 Å². The minimum absolute atomic E-state index is 0. The number of rotatable bonds is 0. The van der Waals surface area contributed by atoms with E-state index in [-0.39, 0.29) is 41.6 Å². The van der Waals surface area contributed by atoms with Gasteiger partial charge < -0.3 is 20.6 Å². The van der Waals surface area contributed by atoms with Gasteiger partial charge in [0.25, 0.3) is 0 Å². The second-order valence-corrected chi connectivity index (χ2v) is 10.6. The normalized spacial score (nSPS) is 34.2. The van der Waals surface area contributed by atoms with Gasteiger partial charge in [0.05, 0.1) is 0 Å². The molecule has 0 aromatic rings. The van der Waals surface area contributed by atoms with E-state index in [0.717, 1.165) is 11.7 Å². The number of hydrogen-bond acceptors (Lipinski definition) is 2. The van der Waals surface area contributed by atoms with E-state index in [1.165, 1.54) is 25.7 Å². The maximum atomic E-state index is 4.63. The zero-order chi connectivity index (χ0) is 18.0. The van der Waals surface area contributed by atoms with E-state index in [1.807, 2.05) is 0 Å². The van der Waals surface area contributed by atoms with Crippen LogP contribution in [0.2, 0.25) is 0 Å². The third-order valence-corrected chi connectivity index (χ3v) is 5.38. The van der Waals surface area contributed by atoms with E-state index < -0.39 is 0 Å². The molecule has 25 heavy (non-hydrogen) atoms. The maximum Gasteiger partial charge on any atom is 2.00 e. The first-order chi connectivity index (χ1) is 10.8. The largest absolute Gasteiger partial charge is 2.00 e. The van der Waals surface area contributed by atoms with Gasteiger partial charge in [-0.3, -0.25) is 0 Å². The minimum atomic E-state index is 0. The second kappa shape index (κ2) is 6.32. The first-order valence-electron chi connectivity index (χ1n) is 9.41. The third-order valence-electron chi connectivity index (χ3n) is 5.38. The Labute approximate surface area is 166 Å². The first kappa shape index (κ1) is 20.9. The van der Waals surface area contributed by atoms with Crippen molar-refractivity contribution in [2.24, 2.45) is 21.8 Å². The first-order valence-corrected chi connectivity index (χ1v) is 9.41. The molecule has 0 bridgehead atoms.